The van der Waals surface area contributed by atoms with Crippen molar-refractivity contribution < 1.29 is 9.53 Å². The Bertz CT molecular complexity index is 497. The van der Waals surface area contributed by atoms with Gasteiger partial charge in [-0.25, -0.2) is 9.78 Å². The maximum atomic E-state index is 11.2. The molecule has 0 saturated heterocycles. The highest BCUT2D eigenvalue weighted by Gasteiger charge is 2.05. The number of esters is 1. The van der Waals surface area contributed by atoms with Crippen LogP contribution in [0.3, 0.4) is 0 Å². The predicted molar refractivity (Wildman–Crippen MR) is 63.1 cm³/mol. The van der Waals surface area contributed by atoms with Gasteiger partial charge >= 0.3 is 5.97 Å². The van der Waals surface area contributed by atoms with Crippen LogP contribution in [0.5, 0.6) is 0 Å². The molecule has 1 N–H and O–H groups in total. The third kappa shape index (κ3) is 2.78. The summed E-state index contributed by atoms with van der Waals surface area (Å²) in [4.78, 5) is 19.1. The SMILES string of the molecule is COC(=O)c1ccc(Nc2ccncc2)cn1. The van der Waals surface area contributed by atoms with E-state index in [-0.39, 0.29) is 5.69 Å². The van der Waals surface area contributed by atoms with Gasteiger partial charge in [0.05, 0.1) is 19.0 Å². The van der Waals surface area contributed by atoms with E-state index in [0.717, 1.165) is 11.4 Å². The first-order valence-corrected chi connectivity index (χ1v) is 5.01. The molecule has 2 aromatic heterocycles. The number of nitrogens with zero attached hydrogens (tertiary/aromatic N) is 2. The first-order valence-electron chi connectivity index (χ1n) is 5.01. The lowest BCUT2D eigenvalue weighted by atomic mass is 10.3. The number of hydrogen-bond acceptors (Lipinski definition) is 5. The standard InChI is InChI=1S/C12H11N3O2/c1-17-12(16)11-3-2-10(8-14-11)15-9-4-6-13-7-5-9/h2-8H,1H3,(H,13,15). The van der Waals surface area contributed by atoms with Gasteiger partial charge in [-0.1, -0.05) is 0 Å². The largest absolute Gasteiger partial charge is 0.464 e. The molecular weight excluding hydrogens is 218 g/mol. The number of ether oxygens (including phenoxy) is 1. The monoisotopic (exact) mass is 229 g/mol. The summed E-state index contributed by atoms with van der Waals surface area (Å²) in [5, 5.41) is 3.13. The van der Waals surface area contributed by atoms with E-state index in [1.54, 1.807) is 30.7 Å². The van der Waals surface area contributed by atoms with Crippen LogP contribution in [-0.4, -0.2) is 23.0 Å². The zero-order chi connectivity index (χ0) is 12.1. The molecule has 86 valence electrons. The zero-order valence-electron chi connectivity index (χ0n) is 9.25. The fourth-order valence-corrected chi connectivity index (χ4v) is 1.30. The topological polar surface area (TPSA) is 64.1 Å². The van der Waals surface area contributed by atoms with E-state index in [9.17, 15) is 4.79 Å². The number of nitrogens with one attached hydrogen (secondary N) is 1. The first kappa shape index (κ1) is 11.1. The van der Waals surface area contributed by atoms with Crippen LogP contribution in [0.15, 0.2) is 42.9 Å². The summed E-state index contributed by atoms with van der Waals surface area (Å²) in [5.41, 5.74) is 1.99. The maximum Gasteiger partial charge on any atom is 0.356 e. The van der Waals surface area contributed by atoms with Crippen LogP contribution >= 0.6 is 0 Å². The van der Waals surface area contributed by atoms with Crippen LogP contribution in [0.25, 0.3) is 0 Å². The Morgan fingerprint density at radius 2 is 1.94 bits per heavy atom. The van der Waals surface area contributed by atoms with Gasteiger partial charge < -0.3 is 10.1 Å². The van der Waals surface area contributed by atoms with Crippen LogP contribution < -0.4 is 5.32 Å². The lowest BCUT2D eigenvalue weighted by Gasteiger charge is -2.05. The number of rotatable bonds is 3. The van der Waals surface area contributed by atoms with Crippen molar-refractivity contribution in [2.24, 2.45) is 0 Å². The molecular formula is C12H11N3O2. The van der Waals surface area contributed by atoms with Gasteiger partial charge in [-0.3, -0.25) is 4.98 Å². The molecule has 0 aromatic carbocycles. The van der Waals surface area contributed by atoms with Gasteiger partial charge in [0, 0.05) is 18.1 Å². The molecule has 0 unspecified atom stereocenters. The minimum absolute atomic E-state index is 0.285. The van der Waals surface area contributed by atoms with Gasteiger partial charge in [0.2, 0.25) is 0 Å². The van der Waals surface area contributed by atoms with Crippen molar-refractivity contribution in [1.29, 1.82) is 0 Å². The van der Waals surface area contributed by atoms with Crippen LogP contribution in [0, 0.1) is 0 Å². The second kappa shape index (κ2) is 5.07. The van der Waals surface area contributed by atoms with E-state index < -0.39 is 5.97 Å². The Balaban J connectivity index is 2.11. The second-order valence-electron chi connectivity index (χ2n) is 3.28. The fourth-order valence-electron chi connectivity index (χ4n) is 1.30. The van der Waals surface area contributed by atoms with Crippen LogP contribution in [0.1, 0.15) is 10.5 Å². The minimum Gasteiger partial charge on any atom is -0.464 e. The van der Waals surface area contributed by atoms with Gasteiger partial charge in [0.1, 0.15) is 5.69 Å². The van der Waals surface area contributed by atoms with Crippen molar-refractivity contribution in [1.82, 2.24) is 9.97 Å². The Morgan fingerprint density at radius 1 is 1.18 bits per heavy atom. The molecule has 0 bridgehead atoms. The molecule has 2 heterocycles. The summed E-state index contributed by atoms with van der Waals surface area (Å²) in [6, 6.07) is 7.05. The first-order chi connectivity index (χ1) is 8.29. The Kier molecular flexibility index (Phi) is 3.30. The van der Waals surface area contributed by atoms with Crippen molar-refractivity contribution in [2.75, 3.05) is 12.4 Å². The lowest BCUT2D eigenvalue weighted by molar-refractivity contribution is 0.0594. The molecule has 0 aliphatic heterocycles. The molecule has 0 fully saturated rings. The lowest BCUT2D eigenvalue weighted by Crippen LogP contribution is -2.04. The van der Waals surface area contributed by atoms with Crippen LogP contribution in [0.2, 0.25) is 0 Å². The van der Waals surface area contributed by atoms with E-state index in [0.29, 0.717) is 0 Å². The average Bonchev–Trinajstić information content (AvgIpc) is 2.40. The van der Waals surface area contributed by atoms with E-state index in [1.807, 2.05) is 12.1 Å². The van der Waals surface area contributed by atoms with E-state index >= 15 is 0 Å². The highest BCUT2D eigenvalue weighted by atomic mass is 16.5. The molecule has 0 radical (unpaired) electrons. The summed E-state index contributed by atoms with van der Waals surface area (Å²) in [6.45, 7) is 0. The molecule has 17 heavy (non-hydrogen) atoms. The number of carbonyl (C=O) groups is 1. The fraction of sp³-hybridized carbons (Fsp3) is 0.0833. The van der Waals surface area contributed by atoms with Crippen LogP contribution in [0.4, 0.5) is 11.4 Å². The van der Waals surface area contributed by atoms with Gasteiger partial charge in [0.15, 0.2) is 0 Å². The third-order valence-electron chi connectivity index (χ3n) is 2.13. The summed E-state index contributed by atoms with van der Waals surface area (Å²) < 4.78 is 4.56. The highest BCUT2D eigenvalue weighted by molar-refractivity contribution is 5.87. The van der Waals surface area contributed by atoms with Gasteiger partial charge in [0.25, 0.3) is 0 Å². The van der Waals surface area contributed by atoms with Crippen molar-refractivity contribution in [2.45, 2.75) is 0 Å². The number of pyridine rings is 2. The van der Waals surface area contributed by atoms with E-state index in [1.165, 1.54) is 7.11 Å². The van der Waals surface area contributed by atoms with E-state index in [4.69, 9.17) is 0 Å². The average molecular weight is 229 g/mol. The quantitative estimate of drug-likeness (QED) is 0.815. The molecule has 0 saturated carbocycles. The Labute approximate surface area is 98.5 Å². The minimum atomic E-state index is -0.444. The number of carbonyl (C=O) groups excluding carboxylic acids is 1. The highest BCUT2D eigenvalue weighted by Crippen LogP contribution is 2.14. The second-order valence-corrected chi connectivity index (χ2v) is 3.28. The van der Waals surface area contributed by atoms with Crippen LogP contribution in [-0.2, 0) is 4.74 Å². The number of aromatic nitrogens is 2. The Morgan fingerprint density at radius 3 is 2.53 bits per heavy atom. The molecule has 0 aliphatic carbocycles. The van der Waals surface area contributed by atoms with Crippen molar-refractivity contribution in [3.63, 3.8) is 0 Å². The maximum absolute atomic E-state index is 11.2. The van der Waals surface area contributed by atoms with Gasteiger partial charge in [-0.2, -0.15) is 0 Å². The molecule has 0 aliphatic rings. The van der Waals surface area contributed by atoms with Gasteiger partial charge in [-0.15, -0.1) is 0 Å². The van der Waals surface area contributed by atoms with Gasteiger partial charge in [-0.05, 0) is 24.3 Å². The number of methoxy groups -OCH3 is 1. The molecule has 2 aromatic rings. The number of hydrogen-bond donors (Lipinski definition) is 1. The summed E-state index contributed by atoms with van der Waals surface area (Å²) in [5.74, 6) is -0.444. The van der Waals surface area contributed by atoms with Crippen molar-refractivity contribution in [3.05, 3.63) is 48.5 Å². The normalized spacial score (nSPS) is 9.71. The van der Waals surface area contributed by atoms with Crippen molar-refractivity contribution >= 4 is 17.3 Å². The van der Waals surface area contributed by atoms with E-state index in [2.05, 4.69) is 20.0 Å². The summed E-state index contributed by atoms with van der Waals surface area (Å²) in [6.07, 6.45) is 4.96. The predicted octanol–water partition coefficient (Wildman–Crippen LogP) is 2.01. The zero-order valence-corrected chi connectivity index (χ0v) is 9.25. The molecule has 0 amide bonds. The summed E-state index contributed by atoms with van der Waals surface area (Å²) in [7, 11) is 1.33. The molecule has 2 rings (SSSR count). The molecule has 5 nitrogen and oxygen atoms in total. The smallest absolute Gasteiger partial charge is 0.356 e. The third-order valence-corrected chi connectivity index (χ3v) is 2.13. The van der Waals surface area contributed by atoms with Crippen molar-refractivity contribution in [3.8, 4) is 0 Å². The molecule has 5 heteroatoms. The summed E-state index contributed by atoms with van der Waals surface area (Å²) >= 11 is 0. The molecule has 0 spiro atoms. The Hall–Kier alpha value is -2.43. The molecule has 0 atom stereocenters. The number of anilines is 2.